The minimum Gasteiger partial charge on any atom is -0.475 e. The maximum absolute atomic E-state index is 10.5. The van der Waals surface area contributed by atoms with Crippen LogP contribution in [-0.4, -0.2) is 29.3 Å². The number of aliphatic hydroxyl groups is 1. The van der Waals surface area contributed by atoms with Crippen LogP contribution in [-0.2, 0) is 0 Å². The highest BCUT2D eigenvalue weighted by atomic mass is 79.9. The Bertz CT molecular complexity index is 415. The number of carboxylic acid groups (broad SMARTS) is 1. The lowest BCUT2D eigenvalue weighted by molar-refractivity contribution is 0.0663. The van der Waals surface area contributed by atoms with Gasteiger partial charge in [-0.3, -0.25) is 0 Å². The Morgan fingerprint density at radius 1 is 1.60 bits per heavy atom. The molecule has 0 aromatic carbocycles. The molecule has 0 fully saturated rings. The lowest BCUT2D eigenvalue weighted by atomic mass is 10.4. The fourth-order valence-corrected chi connectivity index (χ4v) is 1.27. The van der Waals surface area contributed by atoms with Crippen LogP contribution >= 0.6 is 15.9 Å². The zero-order valence-electron chi connectivity index (χ0n) is 7.58. The van der Waals surface area contributed by atoms with Crippen LogP contribution in [0.2, 0.25) is 0 Å². The first-order valence-corrected chi connectivity index (χ1v) is 4.77. The molecule has 0 bridgehead atoms. The van der Waals surface area contributed by atoms with Crippen molar-refractivity contribution in [3.63, 3.8) is 0 Å². The van der Waals surface area contributed by atoms with Crippen molar-refractivity contribution in [1.29, 1.82) is 0 Å². The summed E-state index contributed by atoms with van der Waals surface area (Å²) in [5.74, 6) is 4.07. The highest BCUT2D eigenvalue weighted by molar-refractivity contribution is 9.10. The van der Waals surface area contributed by atoms with Gasteiger partial charge in [-0.25, -0.2) is 4.79 Å². The first-order valence-electron chi connectivity index (χ1n) is 3.98. The molecular formula is C9H8BrNO4. The summed E-state index contributed by atoms with van der Waals surface area (Å²) in [7, 11) is 0. The van der Waals surface area contributed by atoms with Crippen LogP contribution in [0.15, 0.2) is 15.0 Å². The van der Waals surface area contributed by atoms with Crippen molar-refractivity contribution in [1.82, 2.24) is 0 Å². The molecule has 0 unspecified atom stereocenters. The summed E-state index contributed by atoms with van der Waals surface area (Å²) in [4.78, 5) is 10.5. The van der Waals surface area contributed by atoms with Gasteiger partial charge in [0.15, 0.2) is 0 Å². The van der Waals surface area contributed by atoms with Crippen LogP contribution in [0.1, 0.15) is 10.6 Å². The number of aromatic carboxylic acids is 1. The maximum atomic E-state index is 10.5. The summed E-state index contributed by atoms with van der Waals surface area (Å²) in [6, 6.07) is 1.35. The highest BCUT2D eigenvalue weighted by Gasteiger charge is 2.13. The van der Waals surface area contributed by atoms with Crippen LogP contribution in [0.3, 0.4) is 0 Å². The molecule has 0 aliphatic heterocycles. The van der Waals surface area contributed by atoms with E-state index in [1.54, 1.807) is 0 Å². The highest BCUT2D eigenvalue weighted by Crippen LogP contribution is 2.26. The largest absolute Gasteiger partial charge is 0.475 e. The number of furan rings is 1. The number of nitrogens with one attached hydrogen (secondary N) is 1. The second-order valence-electron chi connectivity index (χ2n) is 2.46. The molecule has 0 saturated carbocycles. The molecule has 0 saturated heterocycles. The van der Waals surface area contributed by atoms with Crippen molar-refractivity contribution in [3.8, 4) is 11.8 Å². The molecule has 1 rings (SSSR count). The van der Waals surface area contributed by atoms with Gasteiger partial charge in [0.1, 0.15) is 6.61 Å². The molecule has 80 valence electrons. The zero-order chi connectivity index (χ0) is 11.3. The van der Waals surface area contributed by atoms with E-state index in [1.807, 2.05) is 0 Å². The SMILES string of the molecule is O=C(O)c1cc(Br)c(NCC#CCO)o1. The Hall–Kier alpha value is -1.45. The van der Waals surface area contributed by atoms with Crippen LogP contribution in [0.4, 0.5) is 5.88 Å². The molecule has 0 radical (unpaired) electrons. The Morgan fingerprint density at radius 3 is 2.87 bits per heavy atom. The summed E-state index contributed by atoms with van der Waals surface area (Å²) in [5, 5.41) is 19.8. The number of carboxylic acids is 1. The number of hydrogen-bond acceptors (Lipinski definition) is 4. The van der Waals surface area contributed by atoms with E-state index in [1.165, 1.54) is 6.07 Å². The molecule has 5 nitrogen and oxygen atoms in total. The molecule has 3 N–H and O–H groups in total. The van der Waals surface area contributed by atoms with Gasteiger partial charge in [0.25, 0.3) is 0 Å². The van der Waals surface area contributed by atoms with Gasteiger partial charge in [-0.2, -0.15) is 0 Å². The Balaban J connectivity index is 2.65. The molecule has 0 aliphatic rings. The third-order valence-corrected chi connectivity index (χ3v) is 2.03. The first kappa shape index (κ1) is 11.6. The molecule has 0 atom stereocenters. The Labute approximate surface area is 94.2 Å². The van der Waals surface area contributed by atoms with Crippen molar-refractivity contribution >= 4 is 27.8 Å². The van der Waals surface area contributed by atoms with Crippen LogP contribution < -0.4 is 5.32 Å². The van der Waals surface area contributed by atoms with Crippen molar-refractivity contribution < 1.29 is 19.4 Å². The number of carbonyl (C=O) groups is 1. The summed E-state index contributed by atoms with van der Waals surface area (Å²) in [5.41, 5.74) is 0. The van der Waals surface area contributed by atoms with Gasteiger partial charge in [-0.05, 0) is 15.9 Å². The van der Waals surface area contributed by atoms with Crippen LogP contribution in [0, 0.1) is 11.8 Å². The van der Waals surface area contributed by atoms with E-state index < -0.39 is 5.97 Å². The third kappa shape index (κ3) is 3.31. The van der Waals surface area contributed by atoms with Gasteiger partial charge in [-0.1, -0.05) is 11.8 Å². The number of halogens is 1. The van der Waals surface area contributed by atoms with Gasteiger partial charge in [0, 0.05) is 6.07 Å². The molecule has 1 aromatic heterocycles. The third-order valence-electron chi connectivity index (χ3n) is 1.44. The minimum atomic E-state index is -1.13. The van der Waals surface area contributed by atoms with Gasteiger partial charge < -0.3 is 19.9 Å². The predicted molar refractivity (Wildman–Crippen MR) is 56.7 cm³/mol. The molecule has 1 heterocycles. The summed E-state index contributed by atoms with van der Waals surface area (Å²) in [6.45, 7) is 0.0626. The molecular weight excluding hydrogens is 266 g/mol. The molecule has 6 heteroatoms. The average molecular weight is 274 g/mol. The lowest BCUT2D eigenvalue weighted by Gasteiger charge is -1.96. The van der Waals surface area contributed by atoms with E-state index in [4.69, 9.17) is 14.6 Å². The predicted octanol–water partition coefficient (Wildman–Crippen LogP) is 1.15. The van der Waals surface area contributed by atoms with E-state index in [2.05, 4.69) is 33.1 Å². The summed E-state index contributed by atoms with van der Waals surface area (Å²) in [6.07, 6.45) is 0. The second kappa shape index (κ2) is 5.44. The fourth-order valence-electron chi connectivity index (χ4n) is 0.838. The van der Waals surface area contributed by atoms with E-state index >= 15 is 0 Å². The average Bonchev–Trinajstić information content (AvgIpc) is 2.55. The summed E-state index contributed by atoms with van der Waals surface area (Å²) < 4.78 is 5.49. The Kier molecular flexibility index (Phi) is 4.21. The zero-order valence-corrected chi connectivity index (χ0v) is 9.17. The number of aliphatic hydroxyl groups excluding tert-OH is 1. The molecule has 0 aliphatic carbocycles. The number of rotatable bonds is 3. The Morgan fingerprint density at radius 2 is 2.33 bits per heavy atom. The molecule has 1 aromatic rings. The minimum absolute atomic E-state index is 0.153. The standard InChI is InChI=1S/C9H8BrNO4/c10-6-5-7(9(13)14)15-8(6)11-3-1-2-4-12/h5,11-12H,3-4H2,(H,13,14). The molecule has 0 amide bonds. The van der Waals surface area contributed by atoms with Crippen molar-refractivity contribution in [2.45, 2.75) is 0 Å². The normalized spacial score (nSPS) is 9.20. The van der Waals surface area contributed by atoms with E-state index in [9.17, 15) is 4.79 Å². The summed E-state index contributed by atoms with van der Waals surface area (Å²) >= 11 is 3.14. The van der Waals surface area contributed by atoms with Gasteiger partial charge >= 0.3 is 5.97 Å². The first-order chi connectivity index (χ1) is 7.15. The lowest BCUT2D eigenvalue weighted by Crippen LogP contribution is -1.98. The quantitative estimate of drug-likeness (QED) is 0.720. The van der Waals surface area contributed by atoms with Crippen molar-refractivity contribution in [3.05, 3.63) is 16.3 Å². The maximum Gasteiger partial charge on any atom is 0.371 e. The topological polar surface area (TPSA) is 82.7 Å². The van der Waals surface area contributed by atoms with Gasteiger partial charge in [0.2, 0.25) is 11.6 Å². The smallest absolute Gasteiger partial charge is 0.371 e. The second-order valence-corrected chi connectivity index (χ2v) is 3.31. The molecule has 15 heavy (non-hydrogen) atoms. The van der Waals surface area contributed by atoms with Gasteiger partial charge in [0.05, 0.1) is 11.0 Å². The monoisotopic (exact) mass is 273 g/mol. The van der Waals surface area contributed by atoms with E-state index in [-0.39, 0.29) is 18.9 Å². The van der Waals surface area contributed by atoms with Crippen LogP contribution in [0.5, 0.6) is 0 Å². The van der Waals surface area contributed by atoms with Crippen LogP contribution in [0.25, 0.3) is 0 Å². The fraction of sp³-hybridized carbons (Fsp3) is 0.222. The van der Waals surface area contributed by atoms with Gasteiger partial charge in [-0.15, -0.1) is 0 Å². The van der Waals surface area contributed by atoms with Crippen molar-refractivity contribution in [2.24, 2.45) is 0 Å². The molecule has 0 spiro atoms. The number of hydrogen-bond donors (Lipinski definition) is 3. The number of anilines is 1. The van der Waals surface area contributed by atoms with E-state index in [0.717, 1.165) is 0 Å². The van der Waals surface area contributed by atoms with E-state index in [0.29, 0.717) is 10.4 Å². The van der Waals surface area contributed by atoms with Crippen molar-refractivity contribution in [2.75, 3.05) is 18.5 Å².